The van der Waals surface area contributed by atoms with E-state index < -0.39 is 0 Å². The van der Waals surface area contributed by atoms with Gasteiger partial charge in [0, 0.05) is 37.7 Å². The van der Waals surface area contributed by atoms with Crippen molar-refractivity contribution < 1.29 is 9.90 Å². The first-order valence-electron chi connectivity index (χ1n) is 9.20. The number of carbonyl (C=O) groups excluding carboxylic acids is 1. The van der Waals surface area contributed by atoms with Crippen LogP contribution in [0.4, 0.5) is 0 Å². The number of carbonyl (C=O) groups is 1. The second-order valence-corrected chi connectivity index (χ2v) is 6.84. The van der Waals surface area contributed by atoms with Crippen LogP contribution in [0.2, 0.25) is 0 Å². The van der Waals surface area contributed by atoms with Gasteiger partial charge in [0.05, 0.1) is 6.33 Å². The van der Waals surface area contributed by atoms with Gasteiger partial charge in [0.15, 0.2) is 0 Å². The summed E-state index contributed by atoms with van der Waals surface area (Å²) in [6.07, 6.45) is 6.30. The van der Waals surface area contributed by atoms with E-state index in [2.05, 4.69) is 34.6 Å². The minimum atomic E-state index is -0.0811. The average molecular weight is 363 g/mol. The lowest BCUT2D eigenvalue weighted by Gasteiger charge is -2.10. The van der Waals surface area contributed by atoms with Gasteiger partial charge in [-0.2, -0.15) is 0 Å². The number of aliphatic hydroxyl groups is 1. The Morgan fingerprint density at radius 2 is 1.78 bits per heavy atom. The molecule has 2 N–H and O–H groups in total. The number of benzene rings is 2. The van der Waals surface area contributed by atoms with Gasteiger partial charge in [-0.1, -0.05) is 43.3 Å². The van der Waals surface area contributed by atoms with Crippen molar-refractivity contribution in [3.8, 4) is 11.1 Å². The fourth-order valence-corrected chi connectivity index (χ4v) is 2.83. The molecule has 1 amide bonds. The van der Waals surface area contributed by atoms with Gasteiger partial charge in [-0.05, 0) is 41.2 Å². The highest BCUT2D eigenvalue weighted by Crippen LogP contribution is 2.21. The van der Waals surface area contributed by atoms with Gasteiger partial charge < -0.3 is 15.0 Å². The van der Waals surface area contributed by atoms with E-state index in [4.69, 9.17) is 5.11 Å². The minimum Gasteiger partial charge on any atom is -0.396 e. The molecule has 3 rings (SSSR count). The number of imidazole rings is 1. The lowest BCUT2D eigenvalue weighted by molar-refractivity contribution is 0.0949. The van der Waals surface area contributed by atoms with Crippen LogP contribution in [0.5, 0.6) is 0 Å². The first-order chi connectivity index (χ1) is 13.2. The molecule has 5 nitrogen and oxygen atoms in total. The zero-order valence-corrected chi connectivity index (χ0v) is 15.5. The van der Waals surface area contributed by atoms with Crippen molar-refractivity contribution in [3.63, 3.8) is 0 Å². The van der Waals surface area contributed by atoms with E-state index in [9.17, 15) is 4.79 Å². The number of nitrogens with one attached hydrogen (secondary N) is 1. The summed E-state index contributed by atoms with van der Waals surface area (Å²) in [5.41, 5.74) is 4.06. The third kappa shape index (κ3) is 5.28. The van der Waals surface area contributed by atoms with E-state index in [-0.39, 0.29) is 18.4 Å². The smallest absolute Gasteiger partial charge is 0.251 e. The first kappa shape index (κ1) is 18.9. The molecule has 0 unspecified atom stereocenters. The topological polar surface area (TPSA) is 67.2 Å². The molecule has 0 saturated heterocycles. The summed E-state index contributed by atoms with van der Waals surface area (Å²) < 4.78 is 2.03. The van der Waals surface area contributed by atoms with Crippen LogP contribution < -0.4 is 5.32 Å². The zero-order valence-electron chi connectivity index (χ0n) is 15.5. The maximum Gasteiger partial charge on any atom is 0.251 e. The van der Waals surface area contributed by atoms with Gasteiger partial charge in [-0.3, -0.25) is 4.79 Å². The second kappa shape index (κ2) is 9.14. The number of hydrogen-bond donors (Lipinski definition) is 2. The summed E-state index contributed by atoms with van der Waals surface area (Å²) in [6.45, 7) is 3.47. The van der Waals surface area contributed by atoms with E-state index in [1.807, 2.05) is 48.3 Å². The van der Waals surface area contributed by atoms with Crippen molar-refractivity contribution in [2.75, 3.05) is 13.2 Å². The molecule has 0 aliphatic carbocycles. The van der Waals surface area contributed by atoms with Crippen molar-refractivity contribution in [1.29, 1.82) is 0 Å². The van der Waals surface area contributed by atoms with Gasteiger partial charge in [0.1, 0.15) is 0 Å². The number of nitrogens with zero attached hydrogens (tertiary/aromatic N) is 2. The predicted molar refractivity (Wildman–Crippen MR) is 106 cm³/mol. The highest BCUT2D eigenvalue weighted by Gasteiger charge is 2.07. The summed E-state index contributed by atoms with van der Waals surface area (Å²) in [7, 11) is 0. The third-order valence-electron chi connectivity index (χ3n) is 4.59. The predicted octanol–water partition coefficient (Wildman–Crippen LogP) is 3.35. The van der Waals surface area contributed by atoms with Crippen LogP contribution in [0.1, 0.15) is 29.3 Å². The number of aliphatic hydroxyl groups excluding tert-OH is 1. The maximum absolute atomic E-state index is 12.2. The molecule has 0 radical (unpaired) electrons. The molecule has 140 valence electrons. The molecule has 0 bridgehead atoms. The molecule has 5 heteroatoms. The summed E-state index contributed by atoms with van der Waals surface area (Å²) >= 11 is 0. The quantitative estimate of drug-likeness (QED) is 0.645. The summed E-state index contributed by atoms with van der Waals surface area (Å²) in [5, 5.41) is 11.9. The molecule has 0 fully saturated rings. The molecule has 0 aliphatic rings. The normalized spacial score (nSPS) is 11.9. The van der Waals surface area contributed by atoms with Crippen molar-refractivity contribution in [3.05, 3.63) is 78.4 Å². The molecule has 0 saturated carbocycles. The molecular weight excluding hydrogens is 338 g/mol. The Morgan fingerprint density at radius 1 is 1.11 bits per heavy atom. The van der Waals surface area contributed by atoms with E-state index in [0.717, 1.165) is 24.1 Å². The monoisotopic (exact) mass is 363 g/mol. The average Bonchev–Trinajstić information content (AvgIpc) is 3.21. The Balaban J connectivity index is 1.58. The molecular formula is C22H25N3O2. The molecule has 1 aromatic heterocycles. The fourth-order valence-electron chi connectivity index (χ4n) is 2.83. The van der Waals surface area contributed by atoms with Crippen LogP contribution in [0, 0.1) is 5.92 Å². The lowest BCUT2D eigenvalue weighted by Crippen LogP contribution is -2.26. The lowest BCUT2D eigenvalue weighted by atomic mass is 10.0. The van der Waals surface area contributed by atoms with E-state index >= 15 is 0 Å². The number of amides is 1. The summed E-state index contributed by atoms with van der Waals surface area (Å²) in [5.74, 6) is 0.117. The molecule has 1 atom stereocenters. The van der Waals surface area contributed by atoms with Crippen LogP contribution in [0.15, 0.2) is 67.3 Å². The standard InChI is InChI=1S/C22H25N3O2/c1-17(15-26)10-11-24-22(27)21-8-6-20(7-9-21)19-4-2-18(3-5-19)14-25-13-12-23-16-25/h2-9,12-13,16-17,26H,10-11,14-15H2,1H3,(H,24,27)/t17-/m1/s1. The highest BCUT2D eigenvalue weighted by molar-refractivity contribution is 5.94. The van der Waals surface area contributed by atoms with Crippen molar-refractivity contribution in [1.82, 2.24) is 14.9 Å². The number of aromatic nitrogens is 2. The minimum absolute atomic E-state index is 0.0811. The SMILES string of the molecule is C[C@@H](CO)CCNC(=O)c1ccc(-c2ccc(Cn3ccnc3)cc2)cc1. The Morgan fingerprint density at radius 3 is 2.37 bits per heavy atom. The molecule has 3 aromatic rings. The molecule has 0 spiro atoms. The largest absolute Gasteiger partial charge is 0.396 e. The first-order valence-corrected chi connectivity index (χ1v) is 9.20. The van der Waals surface area contributed by atoms with Gasteiger partial charge in [-0.25, -0.2) is 4.98 Å². The molecule has 0 aliphatic heterocycles. The Hall–Kier alpha value is -2.92. The molecule has 2 aromatic carbocycles. The van der Waals surface area contributed by atoms with Crippen molar-refractivity contribution in [2.24, 2.45) is 5.92 Å². The Kier molecular flexibility index (Phi) is 6.39. The van der Waals surface area contributed by atoms with Crippen molar-refractivity contribution in [2.45, 2.75) is 19.9 Å². The van der Waals surface area contributed by atoms with Crippen LogP contribution in [-0.2, 0) is 6.54 Å². The van der Waals surface area contributed by atoms with Gasteiger partial charge in [0.2, 0.25) is 0 Å². The van der Waals surface area contributed by atoms with Gasteiger partial charge in [0.25, 0.3) is 5.91 Å². The van der Waals surface area contributed by atoms with E-state index in [1.165, 1.54) is 5.56 Å². The summed E-state index contributed by atoms with van der Waals surface area (Å²) in [6, 6.07) is 16.0. The van der Waals surface area contributed by atoms with Gasteiger partial charge in [-0.15, -0.1) is 0 Å². The van der Waals surface area contributed by atoms with E-state index in [1.54, 1.807) is 6.20 Å². The van der Waals surface area contributed by atoms with Crippen LogP contribution in [-0.4, -0.2) is 33.7 Å². The van der Waals surface area contributed by atoms with Crippen LogP contribution >= 0.6 is 0 Å². The fraction of sp³-hybridized carbons (Fsp3) is 0.273. The van der Waals surface area contributed by atoms with Crippen LogP contribution in [0.3, 0.4) is 0 Å². The summed E-state index contributed by atoms with van der Waals surface area (Å²) in [4.78, 5) is 16.2. The number of hydrogen-bond acceptors (Lipinski definition) is 3. The number of rotatable bonds is 8. The van der Waals surface area contributed by atoms with Crippen LogP contribution in [0.25, 0.3) is 11.1 Å². The van der Waals surface area contributed by atoms with Crippen molar-refractivity contribution >= 4 is 5.91 Å². The second-order valence-electron chi connectivity index (χ2n) is 6.84. The maximum atomic E-state index is 12.2. The Bertz CT molecular complexity index is 840. The van der Waals surface area contributed by atoms with E-state index in [0.29, 0.717) is 12.1 Å². The third-order valence-corrected chi connectivity index (χ3v) is 4.59. The van der Waals surface area contributed by atoms with Gasteiger partial charge >= 0.3 is 0 Å². The highest BCUT2D eigenvalue weighted by atomic mass is 16.3. The molecule has 27 heavy (non-hydrogen) atoms. The molecule has 1 heterocycles. The Labute approximate surface area is 159 Å². The zero-order chi connectivity index (χ0) is 19.1.